The molecule has 4 nitrogen and oxygen atoms in total. The maximum absolute atomic E-state index is 12.3. The molecule has 0 spiro atoms. The second-order valence-electron chi connectivity index (χ2n) is 4.87. The molecule has 0 unspecified atom stereocenters. The second-order valence-corrected chi connectivity index (χ2v) is 7.60. The maximum Gasteiger partial charge on any atom is 0.242 e. The molecule has 0 radical (unpaired) electrons. The molecule has 6 heteroatoms. The summed E-state index contributed by atoms with van der Waals surface area (Å²) >= 11 is 1.82. The summed E-state index contributed by atoms with van der Waals surface area (Å²) in [6, 6.07) is 7.06. The molecule has 0 atom stereocenters. The lowest BCUT2D eigenvalue weighted by Crippen LogP contribution is -2.25. The van der Waals surface area contributed by atoms with Gasteiger partial charge in [-0.3, -0.25) is 0 Å². The molecule has 0 aliphatic heterocycles. The number of rotatable bonds is 11. The van der Waals surface area contributed by atoms with E-state index < -0.39 is 10.0 Å². The highest BCUT2D eigenvalue weighted by Gasteiger charge is 2.17. The van der Waals surface area contributed by atoms with Crippen LogP contribution in [0.15, 0.2) is 29.2 Å². The Morgan fingerprint density at radius 2 is 1.86 bits per heavy atom. The number of hydrogen-bond acceptors (Lipinski definition) is 4. The van der Waals surface area contributed by atoms with Gasteiger partial charge in [-0.1, -0.05) is 25.5 Å². The van der Waals surface area contributed by atoms with Gasteiger partial charge in [-0.2, -0.15) is 11.8 Å². The molecule has 0 saturated carbocycles. The summed E-state index contributed by atoms with van der Waals surface area (Å²) in [5.41, 5.74) is 0.675. The van der Waals surface area contributed by atoms with E-state index in [2.05, 4.69) is 23.2 Å². The summed E-state index contributed by atoms with van der Waals surface area (Å²) in [7, 11) is -3.43. The first-order valence-electron chi connectivity index (χ1n) is 7.43. The van der Waals surface area contributed by atoms with E-state index in [0.717, 1.165) is 38.0 Å². The Balaban J connectivity index is 2.57. The molecule has 0 bridgehead atoms. The third-order valence-electron chi connectivity index (χ3n) is 3.06. The first-order chi connectivity index (χ1) is 10.1. The van der Waals surface area contributed by atoms with Crippen molar-refractivity contribution in [3.63, 3.8) is 0 Å². The van der Waals surface area contributed by atoms with Crippen LogP contribution in [0.1, 0.15) is 32.6 Å². The number of hydrogen-bond donors (Lipinski definition) is 2. The van der Waals surface area contributed by atoms with Gasteiger partial charge in [0.05, 0.1) is 5.69 Å². The van der Waals surface area contributed by atoms with Crippen LogP contribution in [-0.2, 0) is 10.0 Å². The highest BCUT2D eigenvalue weighted by molar-refractivity contribution is 7.98. The average molecular weight is 331 g/mol. The van der Waals surface area contributed by atoms with Crippen molar-refractivity contribution in [3.05, 3.63) is 24.3 Å². The van der Waals surface area contributed by atoms with Crippen LogP contribution in [0.4, 0.5) is 5.69 Å². The van der Waals surface area contributed by atoms with Crippen molar-refractivity contribution < 1.29 is 8.42 Å². The Kier molecular flexibility index (Phi) is 8.80. The van der Waals surface area contributed by atoms with E-state index in [1.54, 1.807) is 12.1 Å². The minimum atomic E-state index is -3.43. The van der Waals surface area contributed by atoms with Crippen LogP contribution in [-0.4, -0.2) is 33.5 Å². The number of sulfonamides is 1. The van der Waals surface area contributed by atoms with Crippen molar-refractivity contribution in [3.8, 4) is 0 Å². The minimum absolute atomic E-state index is 0.336. The number of anilines is 1. The summed E-state index contributed by atoms with van der Waals surface area (Å²) in [6.07, 6.45) is 6.11. The van der Waals surface area contributed by atoms with Crippen LogP contribution in [0.5, 0.6) is 0 Å². The quantitative estimate of drug-likeness (QED) is 0.611. The Morgan fingerprint density at radius 3 is 2.57 bits per heavy atom. The number of thioether (sulfide) groups is 1. The highest BCUT2D eigenvalue weighted by atomic mass is 32.2. The van der Waals surface area contributed by atoms with Gasteiger partial charge in [-0.05, 0) is 43.4 Å². The van der Waals surface area contributed by atoms with E-state index in [1.807, 2.05) is 23.9 Å². The fourth-order valence-corrected chi connectivity index (χ4v) is 3.69. The number of unbranched alkanes of at least 4 members (excludes halogenated alkanes) is 2. The van der Waals surface area contributed by atoms with Crippen LogP contribution >= 0.6 is 11.8 Å². The molecule has 1 aromatic carbocycles. The van der Waals surface area contributed by atoms with Gasteiger partial charge in [0.2, 0.25) is 10.0 Å². The zero-order valence-corrected chi connectivity index (χ0v) is 14.5. The Morgan fingerprint density at radius 1 is 1.10 bits per heavy atom. The standard InChI is InChI=1S/C15H26N2O2S2/c1-3-11-16-14-9-5-6-10-15(14)21(18,19)17-12-7-4-8-13-20-2/h5-6,9-10,16-17H,3-4,7-8,11-13H2,1-2H3. The smallest absolute Gasteiger partial charge is 0.242 e. The largest absolute Gasteiger partial charge is 0.384 e. The normalized spacial score (nSPS) is 11.5. The van der Waals surface area contributed by atoms with Gasteiger partial charge in [0.15, 0.2) is 0 Å². The maximum atomic E-state index is 12.3. The summed E-state index contributed by atoms with van der Waals surface area (Å²) in [5, 5.41) is 3.17. The third-order valence-corrected chi connectivity index (χ3v) is 5.28. The molecule has 0 aliphatic rings. The van der Waals surface area contributed by atoms with Crippen LogP contribution in [0.3, 0.4) is 0 Å². The second kappa shape index (κ2) is 10.1. The van der Waals surface area contributed by atoms with Gasteiger partial charge in [0.1, 0.15) is 4.90 Å². The lowest BCUT2D eigenvalue weighted by atomic mass is 10.2. The molecule has 0 fully saturated rings. The lowest BCUT2D eigenvalue weighted by molar-refractivity contribution is 0.576. The Labute approximate surface area is 133 Å². The molecule has 0 aliphatic carbocycles. The number of benzene rings is 1. The lowest BCUT2D eigenvalue weighted by Gasteiger charge is -2.12. The monoisotopic (exact) mass is 330 g/mol. The molecule has 21 heavy (non-hydrogen) atoms. The average Bonchev–Trinajstić information content (AvgIpc) is 2.49. The van der Waals surface area contributed by atoms with Crippen LogP contribution < -0.4 is 10.0 Å². The van der Waals surface area contributed by atoms with E-state index in [0.29, 0.717) is 17.1 Å². The topological polar surface area (TPSA) is 58.2 Å². The van der Waals surface area contributed by atoms with Crippen molar-refractivity contribution in [2.45, 2.75) is 37.5 Å². The fourth-order valence-electron chi connectivity index (χ4n) is 1.94. The zero-order valence-electron chi connectivity index (χ0n) is 12.9. The minimum Gasteiger partial charge on any atom is -0.384 e. The van der Waals surface area contributed by atoms with E-state index in [1.165, 1.54) is 0 Å². The molecule has 2 N–H and O–H groups in total. The van der Waals surface area contributed by atoms with Gasteiger partial charge < -0.3 is 5.32 Å². The molecule has 120 valence electrons. The first kappa shape index (κ1) is 18.3. The van der Waals surface area contributed by atoms with Crippen LogP contribution in [0.2, 0.25) is 0 Å². The van der Waals surface area contributed by atoms with Gasteiger partial charge in [0, 0.05) is 13.1 Å². The zero-order chi connectivity index (χ0) is 15.6. The molecule has 1 rings (SSSR count). The SMILES string of the molecule is CCCNc1ccccc1S(=O)(=O)NCCCCCSC. The molecule has 0 saturated heterocycles. The van der Waals surface area contributed by atoms with Crippen LogP contribution in [0.25, 0.3) is 0 Å². The van der Waals surface area contributed by atoms with E-state index in [-0.39, 0.29) is 0 Å². The van der Waals surface area contributed by atoms with E-state index >= 15 is 0 Å². The predicted octanol–water partition coefficient (Wildman–Crippen LogP) is 3.32. The molecule has 0 aromatic heterocycles. The predicted molar refractivity (Wildman–Crippen MR) is 92.6 cm³/mol. The first-order valence-corrected chi connectivity index (χ1v) is 10.3. The molecular weight excluding hydrogens is 304 g/mol. The van der Waals surface area contributed by atoms with Gasteiger partial charge in [-0.15, -0.1) is 0 Å². The number of para-hydroxylation sites is 1. The highest BCUT2D eigenvalue weighted by Crippen LogP contribution is 2.20. The van der Waals surface area contributed by atoms with Crippen molar-refractivity contribution in [1.82, 2.24) is 4.72 Å². The van der Waals surface area contributed by atoms with Crippen molar-refractivity contribution in [1.29, 1.82) is 0 Å². The Hall–Kier alpha value is -0.720. The van der Waals surface area contributed by atoms with Gasteiger partial charge >= 0.3 is 0 Å². The summed E-state index contributed by atoms with van der Waals surface area (Å²) in [5.74, 6) is 1.14. The van der Waals surface area contributed by atoms with Crippen LogP contribution in [0, 0.1) is 0 Å². The summed E-state index contributed by atoms with van der Waals surface area (Å²) in [4.78, 5) is 0.336. The third kappa shape index (κ3) is 6.72. The van der Waals surface area contributed by atoms with Crippen molar-refractivity contribution >= 4 is 27.5 Å². The van der Waals surface area contributed by atoms with Gasteiger partial charge in [-0.25, -0.2) is 13.1 Å². The van der Waals surface area contributed by atoms with Gasteiger partial charge in [0.25, 0.3) is 0 Å². The molecule has 1 aromatic rings. The summed E-state index contributed by atoms with van der Waals surface area (Å²) < 4.78 is 27.4. The van der Waals surface area contributed by atoms with E-state index in [9.17, 15) is 8.42 Å². The van der Waals surface area contributed by atoms with Crippen molar-refractivity contribution in [2.75, 3.05) is 30.4 Å². The molecule has 0 heterocycles. The molecular formula is C15H26N2O2S2. The van der Waals surface area contributed by atoms with E-state index in [4.69, 9.17) is 0 Å². The number of nitrogens with one attached hydrogen (secondary N) is 2. The Bertz CT molecular complexity index is 504. The fraction of sp³-hybridized carbons (Fsp3) is 0.600. The van der Waals surface area contributed by atoms with Crippen molar-refractivity contribution in [2.24, 2.45) is 0 Å². The molecule has 0 amide bonds. The summed E-state index contributed by atoms with van der Waals surface area (Å²) in [6.45, 7) is 3.32.